The largest absolute Gasteiger partial charge is 0.341 e. The van der Waals surface area contributed by atoms with E-state index in [9.17, 15) is 4.79 Å². The number of nitrogens with zero attached hydrogens (tertiary/aromatic N) is 1. The lowest BCUT2D eigenvalue weighted by atomic mass is 10.1. The Kier molecular flexibility index (Phi) is 4.77. The van der Waals surface area contributed by atoms with Crippen LogP contribution in [0.2, 0.25) is 0 Å². The maximum absolute atomic E-state index is 12.5. The third-order valence-electron chi connectivity index (χ3n) is 4.67. The Morgan fingerprint density at radius 1 is 1.19 bits per heavy atom. The van der Waals surface area contributed by atoms with Crippen LogP contribution in [0.5, 0.6) is 0 Å². The van der Waals surface area contributed by atoms with E-state index < -0.39 is 0 Å². The molecule has 2 aliphatic heterocycles. The van der Waals surface area contributed by atoms with Crippen LogP contribution in [0.15, 0.2) is 47.5 Å². The molecule has 2 aromatic heterocycles. The first kappa shape index (κ1) is 17.5. The van der Waals surface area contributed by atoms with Gasteiger partial charge >= 0.3 is 0 Å². The van der Waals surface area contributed by atoms with Gasteiger partial charge in [-0.05, 0) is 54.8 Å². The lowest BCUT2D eigenvalue weighted by Crippen LogP contribution is -2.22. The topological polar surface area (TPSA) is 61.5 Å². The Morgan fingerprint density at radius 2 is 2.00 bits per heavy atom. The summed E-state index contributed by atoms with van der Waals surface area (Å²) in [5, 5.41) is 2.32. The van der Waals surface area contributed by atoms with Gasteiger partial charge < -0.3 is 9.97 Å². The monoisotopic (exact) mass is 375 g/mol. The van der Waals surface area contributed by atoms with E-state index in [1.54, 1.807) is 23.7 Å². The van der Waals surface area contributed by atoms with Crippen LogP contribution in [0, 0.1) is 10.7 Å². The molecule has 0 saturated carbocycles. The second-order valence-electron chi connectivity index (χ2n) is 6.61. The van der Waals surface area contributed by atoms with Crippen molar-refractivity contribution in [1.82, 2.24) is 15.0 Å². The average molecular weight is 375 g/mol. The zero-order valence-corrected chi connectivity index (χ0v) is 16.0. The zero-order chi connectivity index (χ0) is 18.8. The van der Waals surface area contributed by atoms with Gasteiger partial charge in [0, 0.05) is 38.3 Å². The van der Waals surface area contributed by atoms with Crippen LogP contribution in [0.3, 0.4) is 0 Å². The number of H-pyrrole nitrogens is 2. The van der Waals surface area contributed by atoms with E-state index in [0.717, 1.165) is 33.0 Å². The van der Waals surface area contributed by atoms with Crippen molar-refractivity contribution in [3.8, 4) is 11.1 Å². The first-order chi connectivity index (χ1) is 13.2. The molecule has 0 radical (unpaired) electrons. The molecule has 0 atom stereocenters. The molecule has 5 heteroatoms. The van der Waals surface area contributed by atoms with Crippen LogP contribution in [0.25, 0.3) is 23.8 Å². The van der Waals surface area contributed by atoms with E-state index in [1.807, 2.05) is 24.3 Å². The fourth-order valence-electron chi connectivity index (χ4n) is 3.24. The molecular weight excluding hydrogens is 354 g/mol. The summed E-state index contributed by atoms with van der Waals surface area (Å²) in [5.74, 6) is 0. The highest BCUT2D eigenvalue weighted by molar-refractivity contribution is 7.12. The molecule has 136 valence electrons. The van der Waals surface area contributed by atoms with E-state index >= 15 is 0 Å². The first-order valence-electron chi connectivity index (χ1n) is 9.10. The standard InChI is InChI=1S/C22H21N3OS/c1-3-4-5-16-6-7-17(27-16)12-20-19-13-18(15-8-10-23-11-9-15)14(2)24-21(19)25-22(20)26/h6-13,24H,2-5H2,1H3,(H,25,26). The van der Waals surface area contributed by atoms with E-state index in [-0.39, 0.29) is 5.56 Å². The molecule has 0 bridgehead atoms. The minimum Gasteiger partial charge on any atom is -0.341 e. The van der Waals surface area contributed by atoms with Crippen LogP contribution in [0.1, 0.15) is 29.5 Å². The summed E-state index contributed by atoms with van der Waals surface area (Å²) in [6.07, 6.45) is 8.96. The molecule has 4 nitrogen and oxygen atoms in total. The summed E-state index contributed by atoms with van der Waals surface area (Å²) < 4.78 is 0. The van der Waals surface area contributed by atoms with Crippen molar-refractivity contribution < 1.29 is 0 Å². The average Bonchev–Trinajstić information content (AvgIpc) is 3.24. The number of thiophene rings is 1. The lowest BCUT2D eigenvalue weighted by Gasteiger charge is -2.01. The summed E-state index contributed by atoms with van der Waals surface area (Å²) >= 11 is 1.75. The first-order valence-corrected chi connectivity index (χ1v) is 9.92. The molecule has 0 aliphatic carbocycles. The van der Waals surface area contributed by atoms with Gasteiger partial charge in [0.1, 0.15) is 5.48 Å². The summed E-state index contributed by atoms with van der Waals surface area (Å²) in [7, 11) is 0. The predicted octanol–water partition coefficient (Wildman–Crippen LogP) is 3.13. The van der Waals surface area contributed by atoms with Gasteiger partial charge in [0.15, 0.2) is 0 Å². The minimum atomic E-state index is -0.0870. The van der Waals surface area contributed by atoms with E-state index in [4.69, 9.17) is 0 Å². The van der Waals surface area contributed by atoms with Crippen LogP contribution in [-0.2, 0) is 6.42 Å². The normalized spacial score (nSPS) is 12.1. The summed E-state index contributed by atoms with van der Waals surface area (Å²) in [5.41, 5.74) is 2.60. The molecule has 0 spiro atoms. The van der Waals surface area contributed by atoms with Crippen molar-refractivity contribution in [1.29, 1.82) is 0 Å². The van der Waals surface area contributed by atoms with Crippen LogP contribution in [0.4, 0.5) is 0 Å². The smallest absolute Gasteiger partial charge is 0.257 e. The van der Waals surface area contributed by atoms with Gasteiger partial charge in [0.05, 0.1) is 5.22 Å². The Morgan fingerprint density at radius 3 is 2.78 bits per heavy atom. The number of hydrogen-bond donors (Lipinski definition) is 2. The Bertz CT molecular complexity index is 1300. The van der Waals surface area contributed by atoms with Gasteiger partial charge in [-0.25, -0.2) is 0 Å². The number of aromatic nitrogens is 3. The molecule has 2 aromatic rings. The fraction of sp³-hybridized carbons (Fsp3) is 0.182. The third kappa shape index (κ3) is 3.51. The molecule has 0 saturated heterocycles. The van der Waals surface area contributed by atoms with Gasteiger partial charge in [0.25, 0.3) is 5.56 Å². The van der Waals surface area contributed by atoms with E-state index in [2.05, 4.69) is 40.6 Å². The predicted molar refractivity (Wildman–Crippen MR) is 111 cm³/mol. The Hall–Kier alpha value is -2.92. The highest BCUT2D eigenvalue weighted by Gasteiger charge is 2.06. The number of aromatic amines is 2. The molecule has 0 aromatic carbocycles. The molecule has 4 heterocycles. The Labute approximate surface area is 160 Å². The molecule has 2 aliphatic rings. The van der Waals surface area contributed by atoms with Gasteiger partial charge in [-0.15, -0.1) is 11.3 Å². The molecule has 4 rings (SSSR count). The lowest BCUT2D eigenvalue weighted by molar-refractivity contribution is 0.804. The summed E-state index contributed by atoms with van der Waals surface area (Å²) in [6.45, 7) is 6.29. The van der Waals surface area contributed by atoms with Crippen molar-refractivity contribution in [2.45, 2.75) is 26.2 Å². The van der Waals surface area contributed by atoms with Gasteiger partial charge in [-0.3, -0.25) is 9.78 Å². The van der Waals surface area contributed by atoms with Crippen molar-refractivity contribution in [2.24, 2.45) is 0 Å². The molecule has 2 N–H and O–H groups in total. The minimum absolute atomic E-state index is 0.0870. The molecule has 0 fully saturated rings. The van der Waals surface area contributed by atoms with Gasteiger partial charge in [-0.2, -0.15) is 0 Å². The fourth-order valence-corrected chi connectivity index (χ4v) is 4.23. The van der Waals surface area contributed by atoms with E-state index in [1.165, 1.54) is 17.7 Å². The second-order valence-corrected chi connectivity index (χ2v) is 7.81. The SMILES string of the molecule is C=c1[nH]c2[nH]c(=O)c(=Cc3ccc(CCCC)s3)c=2cc1-c1ccncc1. The Balaban J connectivity index is 1.87. The third-order valence-corrected chi connectivity index (χ3v) is 5.76. The van der Waals surface area contributed by atoms with Crippen molar-refractivity contribution in [2.75, 3.05) is 0 Å². The van der Waals surface area contributed by atoms with Gasteiger partial charge in [-0.1, -0.05) is 19.9 Å². The quantitative estimate of drug-likeness (QED) is 0.563. The molecule has 27 heavy (non-hydrogen) atoms. The maximum atomic E-state index is 12.5. The number of nitrogens with one attached hydrogen (secondary N) is 2. The summed E-state index contributed by atoms with van der Waals surface area (Å²) in [6, 6.07) is 10.2. The van der Waals surface area contributed by atoms with Crippen molar-refractivity contribution in [3.63, 3.8) is 0 Å². The van der Waals surface area contributed by atoms with Crippen LogP contribution >= 0.6 is 11.3 Å². The second kappa shape index (κ2) is 7.37. The molecular formula is C22H21N3OS. The van der Waals surface area contributed by atoms with Crippen molar-refractivity contribution in [3.05, 3.63) is 84.1 Å². The zero-order valence-electron chi connectivity index (χ0n) is 15.2. The van der Waals surface area contributed by atoms with Crippen molar-refractivity contribution >= 4 is 24.0 Å². The maximum Gasteiger partial charge on any atom is 0.257 e. The molecule has 0 amide bonds. The number of aryl methyl sites for hydroxylation is 1. The summed E-state index contributed by atoms with van der Waals surface area (Å²) in [4.78, 5) is 25.2. The van der Waals surface area contributed by atoms with Crippen LogP contribution < -0.4 is 16.1 Å². The number of unbranched alkanes of at least 4 members (excludes halogenated alkanes) is 1. The van der Waals surface area contributed by atoms with E-state index in [0.29, 0.717) is 10.7 Å². The number of hydrogen-bond acceptors (Lipinski definition) is 3. The van der Waals surface area contributed by atoms with Gasteiger partial charge in [0.2, 0.25) is 0 Å². The molecule has 0 unspecified atom stereocenters. The van der Waals surface area contributed by atoms with Crippen LogP contribution in [-0.4, -0.2) is 15.0 Å². The number of rotatable bonds is 5. The highest BCUT2D eigenvalue weighted by atomic mass is 32.1. The highest BCUT2D eigenvalue weighted by Crippen LogP contribution is 2.19. The number of pyridine rings is 1.